The molecular formula is C22H20N8O2S. The molecule has 0 bridgehead atoms. The first-order chi connectivity index (χ1) is 16.1. The average Bonchev–Trinajstić information content (AvgIpc) is 3.55. The molecule has 6 rings (SSSR count). The zero-order valence-corrected chi connectivity index (χ0v) is 18.8. The van der Waals surface area contributed by atoms with Crippen LogP contribution in [0.1, 0.15) is 20.9 Å². The van der Waals surface area contributed by atoms with Gasteiger partial charge in [0.1, 0.15) is 28.4 Å². The molecule has 0 unspecified atom stereocenters. The lowest BCUT2D eigenvalue weighted by Gasteiger charge is -2.26. The lowest BCUT2D eigenvalue weighted by atomic mass is 10.0. The lowest BCUT2D eigenvalue weighted by Crippen LogP contribution is -2.35. The van der Waals surface area contributed by atoms with Gasteiger partial charge >= 0.3 is 0 Å². The van der Waals surface area contributed by atoms with Crippen LogP contribution in [-0.2, 0) is 20.0 Å². The first-order valence-corrected chi connectivity index (χ1v) is 11.2. The van der Waals surface area contributed by atoms with E-state index in [2.05, 4.69) is 30.6 Å². The number of fused-ring (bicyclic) bond motifs is 4. The summed E-state index contributed by atoms with van der Waals surface area (Å²) in [6.07, 6.45) is 5.85. The number of aromatic nitrogens is 6. The van der Waals surface area contributed by atoms with E-state index in [0.29, 0.717) is 24.5 Å². The molecule has 0 aliphatic carbocycles. The Labute approximate surface area is 192 Å². The van der Waals surface area contributed by atoms with E-state index in [1.165, 1.54) is 5.56 Å². The number of ether oxygens (including phenoxy) is 1. The molecule has 33 heavy (non-hydrogen) atoms. The molecule has 11 heteroatoms. The van der Waals surface area contributed by atoms with Crippen LogP contribution in [0.4, 0.5) is 11.5 Å². The number of aryl methyl sites for hydroxylation is 1. The van der Waals surface area contributed by atoms with Crippen molar-refractivity contribution >= 4 is 49.9 Å². The van der Waals surface area contributed by atoms with Gasteiger partial charge in [-0.2, -0.15) is 10.2 Å². The number of nitrogens with zero attached hydrogens (tertiary/aromatic N) is 6. The third-order valence-corrected chi connectivity index (χ3v) is 7.00. The number of amides is 1. The SMILES string of the molecule is COc1cc2[nH]ncc2cc1Nc1ncnc2sc3c(c12)CCN(C(=O)c1ccn(C)n1)C3. The molecule has 0 saturated carbocycles. The number of aromatic amines is 1. The van der Waals surface area contributed by atoms with Gasteiger partial charge in [-0.25, -0.2) is 9.97 Å². The summed E-state index contributed by atoms with van der Waals surface area (Å²) < 4.78 is 7.23. The van der Waals surface area contributed by atoms with Crippen LogP contribution in [0.25, 0.3) is 21.1 Å². The Morgan fingerprint density at radius 2 is 2.21 bits per heavy atom. The van der Waals surface area contributed by atoms with E-state index < -0.39 is 0 Å². The summed E-state index contributed by atoms with van der Waals surface area (Å²) >= 11 is 1.60. The average molecular weight is 461 g/mol. The molecule has 0 spiro atoms. The minimum Gasteiger partial charge on any atom is -0.494 e. The molecular weight excluding hydrogens is 440 g/mol. The molecule has 166 valence electrons. The summed E-state index contributed by atoms with van der Waals surface area (Å²) in [4.78, 5) is 25.8. The molecule has 1 amide bonds. The Hall–Kier alpha value is -3.99. The largest absolute Gasteiger partial charge is 0.494 e. The van der Waals surface area contributed by atoms with Crippen LogP contribution in [0.15, 0.2) is 36.9 Å². The van der Waals surface area contributed by atoms with Crippen molar-refractivity contribution in [1.82, 2.24) is 34.8 Å². The predicted octanol–water partition coefficient (Wildman–Crippen LogP) is 3.25. The third kappa shape index (κ3) is 3.28. The highest BCUT2D eigenvalue weighted by atomic mass is 32.1. The molecule has 5 heterocycles. The number of methoxy groups -OCH3 is 1. The Balaban J connectivity index is 1.36. The highest BCUT2D eigenvalue weighted by Crippen LogP contribution is 2.40. The standard InChI is InChI=1S/C22H20N8O2S/c1-29-5-4-14(28-29)22(31)30-6-3-13-18(10-30)33-21-19(13)20(23-11-24-21)26-16-7-12-9-25-27-15(12)8-17(16)32-2/h4-5,7-9,11H,3,6,10H2,1-2H3,(H,25,27)(H,23,24,26). The summed E-state index contributed by atoms with van der Waals surface area (Å²) in [5.74, 6) is 1.36. The lowest BCUT2D eigenvalue weighted by molar-refractivity contribution is 0.0730. The molecule has 10 nitrogen and oxygen atoms in total. The van der Waals surface area contributed by atoms with Gasteiger partial charge in [0.25, 0.3) is 5.91 Å². The number of hydrogen-bond acceptors (Lipinski definition) is 8. The molecule has 0 fully saturated rings. The Morgan fingerprint density at radius 3 is 3.03 bits per heavy atom. The molecule has 2 N–H and O–H groups in total. The summed E-state index contributed by atoms with van der Waals surface area (Å²) in [5.41, 5.74) is 3.35. The van der Waals surface area contributed by atoms with E-state index in [-0.39, 0.29) is 5.91 Å². The monoisotopic (exact) mass is 460 g/mol. The van der Waals surface area contributed by atoms with Crippen molar-refractivity contribution in [3.63, 3.8) is 0 Å². The maximum atomic E-state index is 12.9. The van der Waals surface area contributed by atoms with Crippen LogP contribution in [-0.4, -0.2) is 54.4 Å². The molecule has 0 atom stereocenters. The second-order valence-electron chi connectivity index (χ2n) is 7.89. The fourth-order valence-electron chi connectivity index (χ4n) is 4.25. The van der Waals surface area contributed by atoms with E-state index in [9.17, 15) is 4.79 Å². The molecule has 1 aliphatic rings. The van der Waals surface area contributed by atoms with Crippen molar-refractivity contribution in [2.75, 3.05) is 19.0 Å². The van der Waals surface area contributed by atoms with Crippen LogP contribution in [0.2, 0.25) is 0 Å². The minimum absolute atomic E-state index is 0.0544. The van der Waals surface area contributed by atoms with Gasteiger partial charge in [0.2, 0.25) is 0 Å². The van der Waals surface area contributed by atoms with Crippen molar-refractivity contribution < 1.29 is 9.53 Å². The normalized spacial score (nSPS) is 13.5. The van der Waals surface area contributed by atoms with Crippen molar-refractivity contribution in [3.05, 3.63) is 53.1 Å². The highest BCUT2D eigenvalue weighted by Gasteiger charge is 2.28. The van der Waals surface area contributed by atoms with Crippen LogP contribution in [0.5, 0.6) is 5.75 Å². The van der Waals surface area contributed by atoms with Gasteiger partial charge in [-0.3, -0.25) is 14.6 Å². The number of benzene rings is 1. The Bertz CT molecular complexity index is 1520. The van der Waals surface area contributed by atoms with Crippen LogP contribution in [0.3, 0.4) is 0 Å². The maximum absolute atomic E-state index is 12.9. The minimum atomic E-state index is -0.0544. The van der Waals surface area contributed by atoms with Gasteiger partial charge in [0, 0.05) is 36.1 Å². The fraction of sp³-hybridized carbons (Fsp3) is 0.227. The molecule has 1 aromatic carbocycles. The second kappa shape index (κ2) is 7.55. The van der Waals surface area contributed by atoms with Crippen LogP contribution in [0, 0.1) is 0 Å². The van der Waals surface area contributed by atoms with E-state index >= 15 is 0 Å². The summed E-state index contributed by atoms with van der Waals surface area (Å²) in [7, 11) is 3.45. The summed E-state index contributed by atoms with van der Waals surface area (Å²) in [6.45, 7) is 1.16. The van der Waals surface area contributed by atoms with Gasteiger partial charge in [-0.1, -0.05) is 0 Å². The van der Waals surface area contributed by atoms with Crippen molar-refractivity contribution in [2.24, 2.45) is 7.05 Å². The number of hydrogen-bond donors (Lipinski definition) is 2. The zero-order valence-electron chi connectivity index (χ0n) is 18.0. The molecule has 0 radical (unpaired) electrons. The summed E-state index contributed by atoms with van der Waals surface area (Å²) in [5, 5.41) is 16.7. The summed E-state index contributed by atoms with van der Waals surface area (Å²) in [6, 6.07) is 5.64. The van der Waals surface area contributed by atoms with Crippen LogP contribution < -0.4 is 10.1 Å². The van der Waals surface area contributed by atoms with E-state index in [4.69, 9.17) is 4.74 Å². The first kappa shape index (κ1) is 19.7. The van der Waals surface area contributed by atoms with Gasteiger partial charge in [0.05, 0.1) is 36.4 Å². The zero-order chi connectivity index (χ0) is 22.5. The van der Waals surface area contributed by atoms with E-state index in [1.807, 2.05) is 24.1 Å². The molecule has 1 aliphatic heterocycles. The molecule has 4 aromatic heterocycles. The number of carbonyl (C=O) groups is 1. The number of rotatable bonds is 4. The van der Waals surface area contributed by atoms with Crippen molar-refractivity contribution in [2.45, 2.75) is 13.0 Å². The van der Waals surface area contributed by atoms with Crippen molar-refractivity contribution in [1.29, 1.82) is 0 Å². The number of thiophene rings is 1. The number of nitrogens with one attached hydrogen (secondary N) is 2. The van der Waals surface area contributed by atoms with Gasteiger partial charge < -0.3 is 15.0 Å². The van der Waals surface area contributed by atoms with E-state index in [0.717, 1.165) is 43.9 Å². The number of carbonyl (C=O) groups excluding carboxylic acids is 1. The topological polar surface area (TPSA) is 114 Å². The van der Waals surface area contributed by atoms with Crippen LogP contribution >= 0.6 is 11.3 Å². The van der Waals surface area contributed by atoms with Crippen molar-refractivity contribution in [3.8, 4) is 5.75 Å². The quantitative estimate of drug-likeness (QED) is 0.423. The molecule has 0 saturated heterocycles. The van der Waals surface area contributed by atoms with Gasteiger partial charge in [-0.05, 0) is 24.1 Å². The smallest absolute Gasteiger partial charge is 0.274 e. The Morgan fingerprint density at radius 1 is 1.30 bits per heavy atom. The Kier molecular flexibility index (Phi) is 4.50. The predicted molar refractivity (Wildman–Crippen MR) is 125 cm³/mol. The van der Waals surface area contributed by atoms with Gasteiger partial charge in [0.15, 0.2) is 0 Å². The number of H-pyrrole nitrogens is 1. The first-order valence-electron chi connectivity index (χ1n) is 10.4. The van der Waals surface area contributed by atoms with E-state index in [1.54, 1.807) is 47.9 Å². The highest BCUT2D eigenvalue weighted by molar-refractivity contribution is 7.19. The second-order valence-corrected chi connectivity index (χ2v) is 8.98. The third-order valence-electron chi connectivity index (χ3n) is 5.87. The fourth-order valence-corrected chi connectivity index (χ4v) is 5.46. The maximum Gasteiger partial charge on any atom is 0.274 e. The number of anilines is 2. The van der Waals surface area contributed by atoms with Gasteiger partial charge in [-0.15, -0.1) is 11.3 Å². The molecule has 5 aromatic rings.